The van der Waals surface area contributed by atoms with Gasteiger partial charge in [0.15, 0.2) is 0 Å². The first-order valence-electron chi connectivity index (χ1n) is 16.9. The molecule has 8 aromatic rings. The lowest BCUT2D eigenvalue weighted by molar-refractivity contribution is -0.384. The standard InChI is InChI=1S/C43H31N5O5/c1-51-29-11-5-26(6-12-29)42-37-21-17-33(46-37)31-15-19-35(44-31)41(25-3-9-28(10-4-25)48(49)50)36-20-16-32(45-36)34-18-22-38(47-34)43(40-24-23-39(42)53-40)27-7-13-30(52-2)14-8-27/h3-24,44,46-47H,1-2H3. The third-order valence-electron chi connectivity index (χ3n) is 9.55. The van der Waals surface area contributed by atoms with Crippen LogP contribution in [0.1, 0.15) is 11.4 Å². The van der Waals surface area contributed by atoms with Crippen molar-refractivity contribution in [1.82, 2.24) is 19.9 Å². The lowest BCUT2D eigenvalue weighted by Gasteiger charge is -2.05. The van der Waals surface area contributed by atoms with Gasteiger partial charge in [-0.15, -0.1) is 0 Å². The number of hydrogen-bond acceptors (Lipinski definition) is 6. The summed E-state index contributed by atoms with van der Waals surface area (Å²) in [6, 6.07) is 38.5. The molecule has 0 radical (unpaired) electrons. The number of rotatable bonds is 6. The average molecular weight is 698 g/mol. The summed E-state index contributed by atoms with van der Waals surface area (Å²) in [7, 11) is 3.30. The third-order valence-corrected chi connectivity index (χ3v) is 9.55. The van der Waals surface area contributed by atoms with E-state index in [1.807, 2.05) is 109 Å². The SMILES string of the molecule is COc1ccc(-c2c3ccc([nH]3)c3nc(c(-c4ccc([N+](=O)[O-])cc4)c4ccc([nH]4)c4ccc([nH]4)c(-c4ccc(OC)cc4)c4ccc2o4)C=C3)cc1. The van der Waals surface area contributed by atoms with Crippen LogP contribution in [0.25, 0.3) is 89.8 Å². The van der Waals surface area contributed by atoms with Gasteiger partial charge >= 0.3 is 0 Å². The van der Waals surface area contributed by atoms with Gasteiger partial charge < -0.3 is 28.8 Å². The van der Waals surface area contributed by atoms with E-state index in [1.165, 1.54) is 12.1 Å². The fourth-order valence-electron chi connectivity index (χ4n) is 6.91. The number of nitrogens with one attached hydrogen (secondary N) is 3. The Balaban J connectivity index is 1.40. The molecule has 1 aliphatic heterocycles. The number of aromatic amines is 3. The molecule has 3 N–H and O–H groups in total. The van der Waals surface area contributed by atoms with E-state index in [0.29, 0.717) is 11.2 Å². The van der Waals surface area contributed by atoms with Crippen LogP contribution >= 0.6 is 0 Å². The molecule has 9 rings (SSSR count). The number of aromatic nitrogens is 4. The van der Waals surface area contributed by atoms with Crippen molar-refractivity contribution in [3.05, 3.63) is 143 Å². The van der Waals surface area contributed by atoms with E-state index >= 15 is 0 Å². The van der Waals surface area contributed by atoms with Crippen molar-refractivity contribution in [3.63, 3.8) is 0 Å². The molecule has 0 spiro atoms. The zero-order valence-electron chi connectivity index (χ0n) is 28.6. The number of nitro groups is 1. The maximum Gasteiger partial charge on any atom is 0.269 e. The number of fused-ring (bicyclic) bond motifs is 12. The van der Waals surface area contributed by atoms with Gasteiger partial charge in [-0.1, -0.05) is 24.3 Å². The minimum Gasteiger partial charge on any atom is -0.497 e. The summed E-state index contributed by atoms with van der Waals surface area (Å²) in [5.74, 6) is 1.51. The molecule has 5 aromatic heterocycles. The van der Waals surface area contributed by atoms with Crippen molar-refractivity contribution in [3.8, 4) is 44.9 Å². The quantitative estimate of drug-likeness (QED) is 0.117. The number of H-pyrrole nitrogens is 3. The summed E-state index contributed by atoms with van der Waals surface area (Å²) < 4.78 is 17.7. The molecule has 258 valence electrons. The lowest BCUT2D eigenvalue weighted by atomic mass is 10.0. The van der Waals surface area contributed by atoms with Crippen molar-refractivity contribution < 1.29 is 18.8 Å². The van der Waals surface area contributed by atoms with Gasteiger partial charge in [-0.3, -0.25) is 10.1 Å². The average Bonchev–Trinajstić information content (AvgIpc) is 4.04. The highest BCUT2D eigenvalue weighted by molar-refractivity contribution is 5.99. The van der Waals surface area contributed by atoms with Crippen LogP contribution in [-0.4, -0.2) is 39.1 Å². The zero-order chi connectivity index (χ0) is 36.1. The van der Waals surface area contributed by atoms with Crippen LogP contribution in [0.5, 0.6) is 11.5 Å². The monoisotopic (exact) mass is 697 g/mol. The largest absolute Gasteiger partial charge is 0.497 e. The number of hydrogen-bond donors (Lipinski definition) is 3. The number of ether oxygens (including phenoxy) is 2. The van der Waals surface area contributed by atoms with E-state index in [2.05, 4.69) is 15.0 Å². The van der Waals surface area contributed by atoms with E-state index in [1.54, 1.807) is 26.4 Å². The number of furan rings is 1. The summed E-state index contributed by atoms with van der Waals surface area (Å²) in [4.78, 5) is 27.0. The van der Waals surface area contributed by atoms with Crippen molar-refractivity contribution in [2.75, 3.05) is 14.2 Å². The molecule has 0 atom stereocenters. The van der Waals surface area contributed by atoms with E-state index in [-0.39, 0.29) is 5.69 Å². The normalized spacial score (nSPS) is 11.7. The van der Waals surface area contributed by atoms with Gasteiger partial charge in [-0.2, -0.15) is 0 Å². The molecular formula is C43H31N5O5. The number of nitro benzene ring substituents is 1. The molecule has 3 aromatic carbocycles. The number of nitrogens with zero attached hydrogens (tertiary/aromatic N) is 2. The van der Waals surface area contributed by atoms with Gasteiger partial charge in [0.1, 0.15) is 22.7 Å². The Morgan fingerprint density at radius 1 is 0.509 bits per heavy atom. The van der Waals surface area contributed by atoms with Crippen LogP contribution < -0.4 is 9.47 Å². The molecule has 10 nitrogen and oxygen atoms in total. The molecule has 53 heavy (non-hydrogen) atoms. The number of non-ortho nitro benzene ring substituents is 1. The summed E-state index contributed by atoms with van der Waals surface area (Å²) in [5.41, 5.74) is 13.2. The van der Waals surface area contributed by atoms with Crippen molar-refractivity contribution in [1.29, 1.82) is 0 Å². The summed E-state index contributed by atoms with van der Waals surface area (Å²) >= 11 is 0. The predicted molar refractivity (Wildman–Crippen MR) is 210 cm³/mol. The first kappa shape index (κ1) is 31.6. The van der Waals surface area contributed by atoms with Crippen LogP contribution in [-0.2, 0) is 0 Å². The molecule has 0 unspecified atom stereocenters. The molecule has 0 amide bonds. The topological polar surface area (TPSA) is 135 Å². The Morgan fingerprint density at radius 2 is 0.925 bits per heavy atom. The zero-order valence-corrected chi connectivity index (χ0v) is 28.6. The van der Waals surface area contributed by atoms with Gasteiger partial charge in [0.2, 0.25) is 0 Å². The second-order valence-corrected chi connectivity index (χ2v) is 12.6. The Labute approximate surface area is 302 Å². The van der Waals surface area contributed by atoms with Crippen molar-refractivity contribution in [2.24, 2.45) is 0 Å². The Hall–Kier alpha value is -7.33. The van der Waals surface area contributed by atoms with Gasteiger partial charge in [0.05, 0.1) is 58.1 Å². The molecule has 0 saturated heterocycles. The molecular weight excluding hydrogens is 667 g/mol. The molecule has 10 heteroatoms. The molecule has 0 aliphatic carbocycles. The van der Waals surface area contributed by atoms with Gasteiger partial charge in [-0.05, 0) is 114 Å². The van der Waals surface area contributed by atoms with Crippen LogP contribution in [0.2, 0.25) is 0 Å². The molecule has 6 heterocycles. The second kappa shape index (κ2) is 12.8. The van der Waals surface area contributed by atoms with E-state index < -0.39 is 4.92 Å². The maximum atomic E-state index is 11.5. The summed E-state index contributed by atoms with van der Waals surface area (Å²) in [6.07, 6.45) is 3.94. The summed E-state index contributed by atoms with van der Waals surface area (Å²) in [5, 5.41) is 11.5. The van der Waals surface area contributed by atoms with Gasteiger partial charge in [0, 0.05) is 34.3 Å². The van der Waals surface area contributed by atoms with Crippen LogP contribution in [0.15, 0.2) is 126 Å². The Bertz CT molecular complexity index is 2870. The predicted octanol–water partition coefficient (Wildman–Crippen LogP) is 10.9. The molecule has 0 fully saturated rings. The fraction of sp³-hybridized carbons (Fsp3) is 0.0465. The first-order chi connectivity index (χ1) is 25.9. The van der Waals surface area contributed by atoms with E-state index in [4.69, 9.17) is 18.9 Å². The number of benzene rings is 3. The summed E-state index contributed by atoms with van der Waals surface area (Å²) in [6.45, 7) is 0. The smallest absolute Gasteiger partial charge is 0.269 e. The highest BCUT2D eigenvalue weighted by atomic mass is 16.6. The van der Waals surface area contributed by atoms with Crippen molar-refractivity contribution >= 4 is 62.1 Å². The van der Waals surface area contributed by atoms with E-state index in [9.17, 15) is 10.1 Å². The van der Waals surface area contributed by atoms with Gasteiger partial charge in [-0.25, -0.2) is 4.98 Å². The second-order valence-electron chi connectivity index (χ2n) is 12.6. The maximum absolute atomic E-state index is 11.5. The Morgan fingerprint density at radius 3 is 1.43 bits per heavy atom. The minimum atomic E-state index is -0.396. The first-order valence-corrected chi connectivity index (χ1v) is 16.9. The van der Waals surface area contributed by atoms with Crippen LogP contribution in [0, 0.1) is 10.1 Å². The molecule has 0 saturated carbocycles. The molecule has 10 bridgehead atoms. The van der Waals surface area contributed by atoms with Crippen molar-refractivity contribution in [2.45, 2.75) is 0 Å². The van der Waals surface area contributed by atoms with Crippen LogP contribution in [0.3, 0.4) is 0 Å². The number of methoxy groups -OCH3 is 2. The fourth-order valence-corrected chi connectivity index (χ4v) is 6.91. The van der Waals surface area contributed by atoms with Crippen LogP contribution in [0.4, 0.5) is 5.69 Å². The minimum absolute atomic E-state index is 0.0201. The molecule has 1 aliphatic rings. The lowest BCUT2D eigenvalue weighted by Crippen LogP contribution is -1.89. The highest BCUT2D eigenvalue weighted by Gasteiger charge is 2.16. The Kier molecular flexibility index (Phi) is 7.62. The third kappa shape index (κ3) is 5.68. The highest BCUT2D eigenvalue weighted by Crippen LogP contribution is 2.37. The van der Waals surface area contributed by atoms with E-state index in [0.717, 1.165) is 89.4 Å². The van der Waals surface area contributed by atoms with Gasteiger partial charge in [0.25, 0.3) is 5.69 Å².